The number of hydrogen-bond acceptors (Lipinski definition) is 5. The molecule has 2 amide bonds. The van der Waals surface area contributed by atoms with Crippen molar-refractivity contribution in [3.8, 4) is 5.75 Å². The Morgan fingerprint density at radius 3 is 2.32 bits per heavy atom. The van der Waals surface area contributed by atoms with Crippen molar-refractivity contribution in [3.05, 3.63) is 87.4 Å². The number of hydrogen-bond donors (Lipinski definition) is 1. The minimum atomic E-state index is -4.20. The van der Waals surface area contributed by atoms with Gasteiger partial charge in [-0.15, -0.1) is 0 Å². The number of nitrogens with zero attached hydrogens (tertiary/aromatic N) is 2. The minimum Gasteiger partial charge on any atom is -0.496 e. The first-order chi connectivity index (χ1) is 18.0. The fourth-order valence-corrected chi connectivity index (χ4v) is 6.10. The summed E-state index contributed by atoms with van der Waals surface area (Å²) in [4.78, 5) is 27.6. The van der Waals surface area contributed by atoms with E-state index in [-0.39, 0.29) is 11.4 Å². The predicted molar refractivity (Wildman–Crippen MR) is 152 cm³/mol. The van der Waals surface area contributed by atoms with E-state index in [0.29, 0.717) is 26.5 Å². The van der Waals surface area contributed by atoms with E-state index in [2.05, 4.69) is 21.2 Å². The van der Waals surface area contributed by atoms with Crippen LogP contribution in [0.3, 0.4) is 0 Å². The Hall–Kier alpha value is -3.08. The van der Waals surface area contributed by atoms with Gasteiger partial charge in [-0.25, -0.2) is 8.42 Å². The summed E-state index contributed by atoms with van der Waals surface area (Å²) in [6, 6.07) is 17.3. The van der Waals surface area contributed by atoms with Crippen LogP contribution < -0.4 is 14.4 Å². The summed E-state index contributed by atoms with van der Waals surface area (Å²) in [6.07, 6.45) is 0. The standard InChI is InChI=1S/C27H29BrClN3O5S/c1-18-9-11-21(12-10-18)32(38(35,36)22-13-14-25(37-4)23(28)15-22)17-26(33)31(19(2)27(34)30-3)16-20-7-5-6-8-24(20)29/h5-15,19H,16-17H2,1-4H3,(H,30,34)/t19-/m0/s1. The van der Waals surface area contributed by atoms with Crippen molar-refractivity contribution in [2.24, 2.45) is 0 Å². The Morgan fingerprint density at radius 2 is 1.74 bits per heavy atom. The molecule has 202 valence electrons. The van der Waals surface area contributed by atoms with Gasteiger partial charge in [0, 0.05) is 18.6 Å². The molecule has 38 heavy (non-hydrogen) atoms. The molecule has 1 atom stereocenters. The van der Waals surface area contributed by atoms with E-state index in [1.165, 1.54) is 37.3 Å². The molecule has 3 rings (SSSR count). The third kappa shape index (κ3) is 6.67. The molecule has 0 radical (unpaired) electrons. The molecule has 0 aliphatic heterocycles. The van der Waals surface area contributed by atoms with Gasteiger partial charge < -0.3 is 15.0 Å². The minimum absolute atomic E-state index is 0.0168. The van der Waals surface area contributed by atoms with Gasteiger partial charge in [0.05, 0.1) is 22.2 Å². The van der Waals surface area contributed by atoms with Crippen LogP contribution in [0.5, 0.6) is 5.75 Å². The summed E-state index contributed by atoms with van der Waals surface area (Å²) in [5.41, 5.74) is 1.86. The number of aryl methyl sites for hydroxylation is 1. The molecule has 0 bridgehead atoms. The van der Waals surface area contributed by atoms with Crippen molar-refractivity contribution >= 4 is 55.1 Å². The average molecular weight is 623 g/mol. The van der Waals surface area contributed by atoms with Crippen LogP contribution in [0.15, 0.2) is 76.1 Å². The van der Waals surface area contributed by atoms with E-state index in [1.807, 2.05) is 6.92 Å². The number of methoxy groups -OCH3 is 1. The van der Waals surface area contributed by atoms with E-state index in [4.69, 9.17) is 16.3 Å². The molecular weight excluding hydrogens is 594 g/mol. The highest BCUT2D eigenvalue weighted by Gasteiger charge is 2.32. The van der Waals surface area contributed by atoms with E-state index in [1.54, 1.807) is 55.5 Å². The summed E-state index contributed by atoms with van der Waals surface area (Å²) in [5, 5.41) is 2.98. The van der Waals surface area contributed by atoms with Crippen LogP contribution in [-0.4, -0.2) is 51.9 Å². The maximum absolute atomic E-state index is 13.9. The zero-order valence-corrected chi connectivity index (χ0v) is 24.6. The second-order valence-corrected chi connectivity index (χ2v) is 11.7. The van der Waals surface area contributed by atoms with Crippen LogP contribution >= 0.6 is 27.5 Å². The van der Waals surface area contributed by atoms with Crippen molar-refractivity contribution in [1.29, 1.82) is 0 Å². The SMILES string of the molecule is CNC(=O)[C@H](C)N(Cc1ccccc1Cl)C(=O)CN(c1ccc(C)cc1)S(=O)(=O)c1ccc(OC)c(Br)c1. The van der Waals surface area contributed by atoms with E-state index in [9.17, 15) is 18.0 Å². The van der Waals surface area contributed by atoms with Crippen LogP contribution in [0.2, 0.25) is 5.02 Å². The van der Waals surface area contributed by atoms with Gasteiger partial charge in [0.2, 0.25) is 11.8 Å². The van der Waals surface area contributed by atoms with Gasteiger partial charge in [0.15, 0.2) is 0 Å². The molecule has 3 aromatic rings. The van der Waals surface area contributed by atoms with E-state index >= 15 is 0 Å². The van der Waals surface area contributed by atoms with Crippen LogP contribution in [0.4, 0.5) is 5.69 Å². The van der Waals surface area contributed by atoms with Crippen molar-refractivity contribution in [2.75, 3.05) is 25.0 Å². The number of anilines is 1. The lowest BCUT2D eigenvalue weighted by molar-refractivity contribution is -0.139. The average Bonchev–Trinajstić information content (AvgIpc) is 2.90. The molecule has 0 spiro atoms. The Labute approximate surface area is 236 Å². The number of nitrogens with one attached hydrogen (secondary N) is 1. The molecule has 0 saturated heterocycles. The molecule has 0 aromatic heterocycles. The molecule has 0 aliphatic rings. The number of likely N-dealkylation sites (N-methyl/N-ethyl adjacent to an activating group) is 1. The number of carbonyl (C=O) groups is 2. The maximum atomic E-state index is 13.9. The number of carbonyl (C=O) groups excluding carboxylic acids is 2. The monoisotopic (exact) mass is 621 g/mol. The number of halogens is 2. The van der Waals surface area contributed by atoms with Crippen molar-refractivity contribution in [3.63, 3.8) is 0 Å². The van der Waals surface area contributed by atoms with Gasteiger partial charge in [0.1, 0.15) is 18.3 Å². The maximum Gasteiger partial charge on any atom is 0.264 e. The Bertz CT molecular complexity index is 1420. The van der Waals surface area contributed by atoms with Gasteiger partial charge in [-0.3, -0.25) is 13.9 Å². The summed E-state index contributed by atoms with van der Waals surface area (Å²) in [7, 11) is -1.25. The first kappa shape index (κ1) is 29.5. The fraction of sp³-hybridized carbons (Fsp3) is 0.259. The molecule has 8 nitrogen and oxygen atoms in total. The Morgan fingerprint density at radius 1 is 1.08 bits per heavy atom. The summed E-state index contributed by atoms with van der Waals surface area (Å²) in [5.74, 6) is -0.501. The highest BCUT2D eigenvalue weighted by Crippen LogP contribution is 2.31. The number of ether oxygens (including phenoxy) is 1. The van der Waals surface area contributed by atoms with Gasteiger partial charge in [-0.2, -0.15) is 0 Å². The van der Waals surface area contributed by atoms with Gasteiger partial charge in [-0.05, 0) is 71.7 Å². The molecule has 0 heterocycles. The number of sulfonamides is 1. The summed E-state index contributed by atoms with van der Waals surface area (Å²) >= 11 is 9.68. The lowest BCUT2D eigenvalue weighted by Gasteiger charge is -2.32. The second kappa shape index (κ2) is 12.6. The van der Waals surface area contributed by atoms with Gasteiger partial charge in [-0.1, -0.05) is 47.5 Å². The zero-order chi connectivity index (χ0) is 28.0. The Balaban J connectivity index is 2.06. The largest absolute Gasteiger partial charge is 0.496 e. The quantitative estimate of drug-likeness (QED) is 0.351. The molecule has 0 fully saturated rings. The molecule has 11 heteroatoms. The lowest BCUT2D eigenvalue weighted by Crippen LogP contribution is -2.50. The number of benzene rings is 3. The lowest BCUT2D eigenvalue weighted by atomic mass is 10.1. The topological polar surface area (TPSA) is 96.0 Å². The first-order valence-electron chi connectivity index (χ1n) is 11.7. The van der Waals surface area contributed by atoms with Gasteiger partial charge >= 0.3 is 0 Å². The first-order valence-corrected chi connectivity index (χ1v) is 14.3. The van der Waals surface area contributed by atoms with Crippen LogP contribution in [0, 0.1) is 6.92 Å². The summed E-state index contributed by atoms with van der Waals surface area (Å²) < 4.78 is 34.5. The van der Waals surface area contributed by atoms with Crippen molar-refractivity contribution in [2.45, 2.75) is 31.3 Å². The Kier molecular flexibility index (Phi) is 9.81. The van der Waals surface area contributed by atoms with Crippen molar-refractivity contribution in [1.82, 2.24) is 10.2 Å². The third-order valence-corrected chi connectivity index (χ3v) is 8.78. The second-order valence-electron chi connectivity index (χ2n) is 8.55. The molecule has 0 saturated carbocycles. The smallest absolute Gasteiger partial charge is 0.264 e. The van der Waals surface area contributed by atoms with Crippen LogP contribution in [0.25, 0.3) is 0 Å². The summed E-state index contributed by atoms with van der Waals surface area (Å²) in [6.45, 7) is 2.94. The highest BCUT2D eigenvalue weighted by molar-refractivity contribution is 9.10. The fourth-order valence-electron chi connectivity index (χ4n) is 3.78. The molecule has 0 aliphatic carbocycles. The predicted octanol–water partition coefficient (Wildman–Crippen LogP) is 4.78. The van der Waals surface area contributed by atoms with E-state index < -0.39 is 34.4 Å². The third-order valence-electron chi connectivity index (χ3n) is 6.02. The zero-order valence-electron chi connectivity index (χ0n) is 21.4. The normalized spacial score (nSPS) is 11.9. The molecule has 0 unspecified atom stereocenters. The molecular formula is C27H29BrClN3O5S. The molecule has 1 N–H and O–H groups in total. The molecule has 3 aromatic carbocycles. The number of amides is 2. The van der Waals surface area contributed by atoms with Crippen molar-refractivity contribution < 1.29 is 22.7 Å². The van der Waals surface area contributed by atoms with Crippen LogP contribution in [-0.2, 0) is 26.2 Å². The van der Waals surface area contributed by atoms with Gasteiger partial charge in [0.25, 0.3) is 10.0 Å². The number of rotatable bonds is 10. The van der Waals surface area contributed by atoms with E-state index in [0.717, 1.165) is 9.87 Å². The highest BCUT2D eigenvalue weighted by atomic mass is 79.9. The van der Waals surface area contributed by atoms with Crippen LogP contribution in [0.1, 0.15) is 18.1 Å².